The highest BCUT2D eigenvalue weighted by molar-refractivity contribution is 5.87. The van der Waals surface area contributed by atoms with Crippen LogP contribution in [-0.2, 0) is 4.79 Å². The van der Waals surface area contributed by atoms with Crippen LogP contribution < -0.4 is 10.6 Å². The Kier molecular flexibility index (Phi) is 3.15. The number of nitrogens with one attached hydrogen (secondary N) is 2. The van der Waals surface area contributed by atoms with Crippen LogP contribution in [0, 0.1) is 17.8 Å². The molecule has 5 heteroatoms. The van der Waals surface area contributed by atoms with Gasteiger partial charge < -0.3 is 15.7 Å². The fourth-order valence-electron chi connectivity index (χ4n) is 3.16. The zero-order chi connectivity index (χ0) is 13.5. The number of hydrogen-bond donors (Lipinski definition) is 3. The molecule has 106 valence electrons. The van der Waals surface area contributed by atoms with E-state index in [1.54, 1.807) is 0 Å². The second-order valence-electron chi connectivity index (χ2n) is 6.41. The van der Waals surface area contributed by atoms with Crippen molar-refractivity contribution in [3.05, 3.63) is 0 Å². The van der Waals surface area contributed by atoms with Gasteiger partial charge in [-0.05, 0) is 62.7 Å². The number of carboxylic acids is 1. The highest BCUT2D eigenvalue weighted by Gasteiger charge is 2.46. The molecule has 3 N–H and O–H groups in total. The highest BCUT2D eigenvalue weighted by atomic mass is 16.4. The standard InChI is InChI=1S/C14H22N2O3/c17-12(18)14(6-1-7-14)16-13(19)15-8-11(9-2-3-9)10-4-5-10/h9-11H,1-8H2,(H,17,18)(H2,15,16,19). The van der Waals surface area contributed by atoms with Crippen LogP contribution in [0.1, 0.15) is 44.9 Å². The third-order valence-electron chi connectivity index (χ3n) is 4.92. The lowest BCUT2D eigenvalue weighted by Crippen LogP contribution is -2.61. The first-order valence-electron chi connectivity index (χ1n) is 7.40. The first kappa shape index (κ1) is 12.8. The van der Waals surface area contributed by atoms with Gasteiger partial charge in [-0.15, -0.1) is 0 Å². The van der Waals surface area contributed by atoms with E-state index in [0.29, 0.717) is 25.3 Å². The number of amides is 2. The van der Waals surface area contributed by atoms with Crippen molar-refractivity contribution in [3.63, 3.8) is 0 Å². The maximum absolute atomic E-state index is 11.9. The Morgan fingerprint density at radius 2 is 1.74 bits per heavy atom. The molecule has 0 aromatic rings. The molecule has 3 fully saturated rings. The fraction of sp³-hybridized carbons (Fsp3) is 0.857. The summed E-state index contributed by atoms with van der Waals surface area (Å²) in [5.74, 6) is 1.30. The summed E-state index contributed by atoms with van der Waals surface area (Å²) in [6.07, 6.45) is 7.15. The van der Waals surface area contributed by atoms with Crippen LogP contribution in [0.25, 0.3) is 0 Å². The van der Waals surface area contributed by atoms with Crippen molar-refractivity contribution in [2.45, 2.75) is 50.5 Å². The quantitative estimate of drug-likeness (QED) is 0.685. The van der Waals surface area contributed by atoms with E-state index in [4.69, 9.17) is 5.11 Å². The van der Waals surface area contributed by atoms with Crippen LogP contribution in [0.3, 0.4) is 0 Å². The summed E-state index contributed by atoms with van der Waals surface area (Å²) >= 11 is 0. The van der Waals surface area contributed by atoms with Gasteiger partial charge in [0.05, 0.1) is 0 Å². The average Bonchev–Trinajstić information content (AvgIpc) is 3.14. The second-order valence-corrected chi connectivity index (χ2v) is 6.41. The normalized spacial score (nSPS) is 24.7. The van der Waals surface area contributed by atoms with E-state index >= 15 is 0 Å². The van der Waals surface area contributed by atoms with Gasteiger partial charge in [0.2, 0.25) is 0 Å². The Hall–Kier alpha value is -1.26. The molecule has 2 amide bonds. The minimum absolute atomic E-state index is 0.312. The Morgan fingerprint density at radius 3 is 2.11 bits per heavy atom. The molecule has 5 nitrogen and oxygen atoms in total. The predicted octanol–water partition coefficient (Wildman–Crippen LogP) is 1.73. The zero-order valence-corrected chi connectivity index (χ0v) is 11.2. The Bertz CT molecular complexity index is 372. The summed E-state index contributed by atoms with van der Waals surface area (Å²) in [7, 11) is 0. The molecule has 0 spiro atoms. The molecular formula is C14H22N2O3. The van der Waals surface area contributed by atoms with Gasteiger partial charge in [-0.2, -0.15) is 0 Å². The van der Waals surface area contributed by atoms with Gasteiger partial charge in [0.25, 0.3) is 0 Å². The van der Waals surface area contributed by atoms with E-state index in [-0.39, 0.29) is 6.03 Å². The van der Waals surface area contributed by atoms with E-state index in [9.17, 15) is 9.59 Å². The molecule has 0 atom stereocenters. The molecule has 0 aliphatic heterocycles. The Balaban J connectivity index is 1.46. The van der Waals surface area contributed by atoms with Gasteiger partial charge >= 0.3 is 12.0 Å². The molecule has 0 radical (unpaired) electrons. The monoisotopic (exact) mass is 266 g/mol. The lowest BCUT2D eigenvalue weighted by atomic mass is 9.77. The maximum atomic E-state index is 11.9. The first-order chi connectivity index (χ1) is 9.11. The smallest absolute Gasteiger partial charge is 0.329 e. The van der Waals surface area contributed by atoms with Crippen molar-refractivity contribution < 1.29 is 14.7 Å². The van der Waals surface area contributed by atoms with E-state index in [0.717, 1.165) is 18.3 Å². The largest absolute Gasteiger partial charge is 0.480 e. The number of carbonyl (C=O) groups is 2. The molecule has 0 aromatic carbocycles. The maximum Gasteiger partial charge on any atom is 0.329 e. The lowest BCUT2D eigenvalue weighted by Gasteiger charge is -2.38. The summed E-state index contributed by atoms with van der Waals surface area (Å²) in [6.45, 7) is 0.705. The zero-order valence-electron chi connectivity index (χ0n) is 11.2. The summed E-state index contributed by atoms with van der Waals surface area (Å²) in [4.78, 5) is 23.0. The Morgan fingerprint density at radius 1 is 1.16 bits per heavy atom. The molecule has 0 bridgehead atoms. The minimum Gasteiger partial charge on any atom is -0.480 e. The first-order valence-corrected chi connectivity index (χ1v) is 7.40. The van der Waals surface area contributed by atoms with Crippen molar-refractivity contribution in [1.29, 1.82) is 0 Å². The summed E-state index contributed by atoms with van der Waals surface area (Å²) in [5.41, 5.74) is -1.00. The fourth-order valence-corrected chi connectivity index (χ4v) is 3.16. The lowest BCUT2D eigenvalue weighted by molar-refractivity contribution is -0.148. The summed E-state index contributed by atoms with van der Waals surface area (Å²) < 4.78 is 0. The summed E-state index contributed by atoms with van der Waals surface area (Å²) in [6, 6.07) is -0.312. The molecule has 0 saturated heterocycles. The SMILES string of the molecule is O=C(NCC(C1CC1)C1CC1)NC1(C(=O)O)CCC1. The average molecular weight is 266 g/mol. The van der Waals surface area contributed by atoms with Crippen molar-refractivity contribution in [1.82, 2.24) is 10.6 Å². The van der Waals surface area contributed by atoms with Crippen LogP contribution in [0.2, 0.25) is 0 Å². The van der Waals surface area contributed by atoms with Crippen LogP contribution in [0.4, 0.5) is 4.79 Å². The highest BCUT2D eigenvalue weighted by Crippen LogP contribution is 2.48. The molecule has 0 heterocycles. The number of aliphatic carboxylic acids is 1. The molecule has 3 aliphatic rings. The van der Waals surface area contributed by atoms with Crippen LogP contribution in [0.5, 0.6) is 0 Å². The van der Waals surface area contributed by atoms with Crippen molar-refractivity contribution in [2.24, 2.45) is 17.8 Å². The molecular weight excluding hydrogens is 244 g/mol. The van der Waals surface area contributed by atoms with Crippen LogP contribution in [-0.4, -0.2) is 29.2 Å². The topological polar surface area (TPSA) is 78.4 Å². The van der Waals surface area contributed by atoms with Gasteiger partial charge in [-0.1, -0.05) is 0 Å². The number of rotatable bonds is 6. The molecule has 0 unspecified atom stereocenters. The number of carboxylic acid groups (broad SMARTS) is 1. The minimum atomic E-state index is -1.00. The molecule has 0 aromatic heterocycles. The molecule has 3 rings (SSSR count). The predicted molar refractivity (Wildman–Crippen MR) is 69.7 cm³/mol. The molecule has 19 heavy (non-hydrogen) atoms. The van der Waals surface area contributed by atoms with E-state index < -0.39 is 11.5 Å². The Labute approximate surface area is 113 Å². The molecule has 3 aliphatic carbocycles. The van der Waals surface area contributed by atoms with E-state index in [1.165, 1.54) is 25.7 Å². The van der Waals surface area contributed by atoms with Gasteiger partial charge in [0.1, 0.15) is 5.54 Å². The van der Waals surface area contributed by atoms with Crippen molar-refractivity contribution in [2.75, 3.05) is 6.54 Å². The van der Waals surface area contributed by atoms with Gasteiger partial charge in [0.15, 0.2) is 0 Å². The number of carbonyl (C=O) groups excluding carboxylic acids is 1. The van der Waals surface area contributed by atoms with Crippen LogP contribution in [0.15, 0.2) is 0 Å². The number of hydrogen-bond acceptors (Lipinski definition) is 2. The van der Waals surface area contributed by atoms with Gasteiger partial charge in [-0.3, -0.25) is 0 Å². The van der Waals surface area contributed by atoms with Crippen molar-refractivity contribution >= 4 is 12.0 Å². The third kappa shape index (κ3) is 2.69. The van der Waals surface area contributed by atoms with Crippen LogP contribution >= 0.6 is 0 Å². The third-order valence-corrected chi connectivity index (χ3v) is 4.92. The summed E-state index contributed by atoms with van der Waals surface area (Å²) in [5, 5.41) is 14.7. The van der Waals surface area contributed by atoms with E-state index in [1.807, 2.05) is 0 Å². The van der Waals surface area contributed by atoms with Gasteiger partial charge in [0, 0.05) is 6.54 Å². The second kappa shape index (κ2) is 4.69. The van der Waals surface area contributed by atoms with Crippen molar-refractivity contribution in [3.8, 4) is 0 Å². The van der Waals surface area contributed by atoms with E-state index in [2.05, 4.69) is 10.6 Å². The van der Waals surface area contributed by atoms with Gasteiger partial charge in [-0.25, -0.2) is 9.59 Å². The molecule has 3 saturated carbocycles. The number of urea groups is 1.